The third-order valence-corrected chi connectivity index (χ3v) is 3.43. The summed E-state index contributed by atoms with van der Waals surface area (Å²) in [6.07, 6.45) is 5.17. The van der Waals surface area contributed by atoms with E-state index in [2.05, 4.69) is 37.1 Å². The molecule has 1 fully saturated rings. The topological polar surface area (TPSA) is 37.8 Å². The van der Waals surface area contributed by atoms with E-state index in [1.54, 1.807) is 0 Å². The van der Waals surface area contributed by atoms with Crippen molar-refractivity contribution < 1.29 is 0 Å². The van der Waals surface area contributed by atoms with Crippen molar-refractivity contribution in [1.82, 2.24) is 9.97 Å². The molecule has 3 nitrogen and oxygen atoms in total. The van der Waals surface area contributed by atoms with Gasteiger partial charge in [-0.2, -0.15) is 0 Å². The van der Waals surface area contributed by atoms with E-state index in [1.807, 2.05) is 0 Å². The Hall–Kier alpha value is -1.12. The zero-order chi connectivity index (χ0) is 12.3. The minimum atomic E-state index is 0.468. The quantitative estimate of drug-likeness (QED) is 0.862. The van der Waals surface area contributed by atoms with Crippen molar-refractivity contribution in [2.75, 3.05) is 11.9 Å². The largest absolute Gasteiger partial charge is 0.370 e. The van der Waals surface area contributed by atoms with Gasteiger partial charge in [-0.3, -0.25) is 0 Å². The second-order valence-corrected chi connectivity index (χ2v) is 5.20. The Bertz CT molecular complexity index is 368. The molecule has 1 saturated carbocycles. The van der Waals surface area contributed by atoms with Crippen LogP contribution in [0.5, 0.6) is 0 Å². The number of anilines is 1. The molecular weight excluding hydrogens is 210 g/mol. The standard InChI is InChI=1S/C14H23N3/c1-4-15-13-9-12(10(2)3)16-14(17-13)11-7-5-6-8-11/h9-11H,4-8H2,1-3H3,(H,15,16,17). The van der Waals surface area contributed by atoms with Crippen LogP contribution in [0.1, 0.15) is 69.8 Å². The van der Waals surface area contributed by atoms with Gasteiger partial charge in [-0.1, -0.05) is 26.7 Å². The van der Waals surface area contributed by atoms with Gasteiger partial charge in [0.15, 0.2) is 0 Å². The van der Waals surface area contributed by atoms with Crippen LogP contribution < -0.4 is 5.32 Å². The van der Waals surface area contributed by atoms with E-state index < -0.39 is 0 Å². The molecular formula is C14H23N3. The fourth-order valence-electron chi connectivity index (χ4n) is 2.42. The van der Waals surface area contributed by atoms with E-state index in [1.165, 1.54) is 25.7 Å². The van der Waals surface area contributed by atoms with Crippen LogP contribution in [-0.2, 0) is 0 Å². The van der Waals surface area contributed by atoms with Gasteiger partial charge in [0.25, 0.3) is 0 Å². The van der Waals surface area contributed by atoms with Gasteiger partial charge in [-0.25, -0.2) is 9.97 Å². The minimum Gasteiger partial charge on any atom is -0.370 e. The molecule has 1 aromatic heterocycles. The van der Waals surface area contributed by atoms with E-state index in [4.69, 9.17) is 4.98 Å². The summed E-state index contributed by atoms with van der Waals surface area (Å²) >= 11 is 0. The summed E-state index contributed by atoms with van der Waals surface area (Å²) in [6, 6.07) is 2.09. The molecule has 17 heavy (non-hydrogen) atoms. The highest BCUT2D eigenvalue weighted by atomic mass is 15.0. The molecule has 0 bridgehead atoms. The molecule has 2 rings (SSSR count). The lowest BCUT2D eigenvalue weighted by molar-refractivity contribution is 0.653. The van der Waals surface area contributed by atoms with Gasteiger partial charge in [-0.15, -0.1) is 0 Å². The van der Waals surface area contributed by atoms with Crippen LogP contribution >= 0.6 is 0 Å². The highest BCUT2D eigenvalue weighted by molar-refractivity contribution is 5.37. The van der Waals surface area contributed by atoms with Crippen molar-refractivity contribution in [2.45, 2.75) is 58.3 Å². The molecule has 0 spiro atoms. The first kappa shape index (κ1) is 12.3. The Morgan fingerprint density at radius 1 is 1.29 bits per heavy atom. The van der Waals surface area contributed by atoms with E-state index >= 15 is 0 Å². The molecule has 0 aromatic carbocycles. The van der Waals surface area contributed by atoms with Crippen molar-refractivity contribution in [3.05, 3.63) is 17.6 Å². The molecule has 1 aromatic rings. The highest BCUT2D eigenvalue weighted by Gasteiger charge is 2.21. The van der Waals surface area contributed by atoms with Gasteiger partial charge >= 0.3 is 0 Å². The fourth-order valence-corrected chi connectivity index (χ4v) is 2.42. The normalized spacial score (nSPS) is 16.7. The van der Waals surface area contributed by atoms with Crippen molar-refractivity contribution >= 4 is 5.82 Å². The monoisotopic (exact) mass is 233 g/mol. The Kier molecular flexibility index (Phi) is 3.97. The van der Waals surface area contributed by atoms with Crippen LogP contribution in [0.4, 0.5) is 5.82 Å². The van der Waals surface area contributed by atoms with Crippen molar-refractivity contribution in [3.8, 4) is 0 Å². The summed E-state index contributed by atoms with van der Waals surface area (Å²) in [5.41, 5.74) is 1.16. The predicted octanol–water partition coefficient (Wildman–Crippen LogP) is 3.69. The number of nitrogens with one attached hydrogen (secondary N) is 1. The summed E-state index contributed by atoms with van der Waals surface area (Å²) in [6.45, 7) is 7.40. The maximum atomic E-state index is 4.75. The molecule has 0 amide bonds. The van der Waals surface area contributed by atoms with Crippen molar-refractivity contribution in [3.63, 3.8) is 0 Å². The molecule has 94 valence electrons. The van der Waals surface area contributed by atoms with Gasteiger partial charge < -0.3 is 5.32 Å². The van der Waals surface area contributed by atoms with Gasteiger partial charge in [0.05, 0.1) is 0 Å². The summed E-state index contributed by atoms with van der Waals surface area (Å²) in [7, 11) is 0. The Labute approximate surface area is 104 Å². The molecule has 3 heteroatoms. The summed E-state index contributed by atoms with van der Waals surface area (Å²) in [5.74, 6) is 3.11. The average molecular weight is 233 g/mol. The number of rotatable bonds is 4. The number of aromatic nitrogens is 2. The second-order valence-electron chi connectivity index (χ2n) is 5.20. The lowest BCUT2D eigenvalue weighted by Crippen LogP contribution is -2.09. The first-order chi connectivity index (χ1) is 8.20. The zero-order valence-electron chi connectivity index (χ0n) is 11.2. The van der Waals surface area contributed by atoms with Crippen LogP contribution in [0.2, 0.25) is 0 Å². The second kappa shape index (κ2) is 5.48. The molecule has 0 unspecified atom stereocenters. The number of hydrogen-bond donors (Lipinski definition) is 1. The highest BCUT2D eigenvalue weighted by Crippen LogP contribution is 2.33. The molecule has 0 atom stereocenters. The Morgan fingerprint density at radius 3 is 2.59 bits per heavy atom. The van der Waals surface area contributed by atoms with E-state index in [-0.39, 0.29) is 0 Å². The third kappa shape index (κ3) is 2.96. The zero-order valence-corrected chi connectivity index (χ0v) is 11.2. The summed E-state index contributed by atoms with van der Waals surface area (Å²) in [4.78, 5) is 9.41. The van der Waals surface area contributed by atoms with Crippen molar-refractivity contribution in [1.29, 1.82) is 0 Å². The molecule has 0 radical (unpaired) electrons. The Morgan fingerprint density at radius 2 is 2.00 bits per heavy atom. The van der Waals surface area contributed by atoms with Gasteiger partial charge in [0, 0.05) is 24.2 Å². The van der Waals surface area contributed by atoms with E-state index in [9.17, 15) is 0 Å². The van der Waals surface area contributed by atoms with Crippen LogP contribution in [0.3, 0.4) is 0 Å². The van der Waals surface area contributed by atoms with E-state index in [0.717, 1.165) is 23.9 Å². The molecule has 0 saturated heterocycles. The third-order valence-electron chi connectivity index (χ3n) is 3.43. The summed E-state index contributed by atoms with van der Waals surface area (Å²) < 4.78 is 0. The number of nitrogens with zero attached hydrogens (tertiary/aromatic N) is 2. The molecule has 1 aliphatic carbocycles. The molecule has 1 heterocycles. The number of hydrogen-bond acceptors (Lipinski definition) is 3. The molecule has 1 aliphatic rings. The lowest BCUT2D eigenvalue weighted by atomic mass is 10.1. The van der Waals surface area contributed by atoms with Crippen molar-refractivity contribution in [2.24, 2.45) is 0 Å². The predicted molar refractivity (Wildman–Crippen MR) is 71.5 cm³/mol. The lowest BCUT2D eigenvalue weighted by Gasteiger charge is -2.14. The van der Waals surface area contributed by atoms with E-state index in [0.29, 0.717) is 11.8 Å². The maximum Gasteiger partial charge on any atom is 0.134 e. The van der Waals surface area contributed by atoms with Crippen LogP contribution in [-0.4, -0.2) is 16.5 Å². The average Bonchev–Trinajstić information content (AvgIpc) is 2.82. The van der Waals surface area contributed by atoms with Gasteiger partial charge in [0.2, 0.25) is 0 Å². The van der Waals surface area contributed by atoms with Crippen LogP contribution in [0, 0.1) is 0 Å². The fraction of sp³-hybridized carbons (Fsp3) is 0.714. The first-order valence-corrected chi connectivity index (χ1v) is 6.83. The molecule has 1 N–H and O–H groups in total. The summed E-state index contributed by atoms with van der Waals surface area (Å²) in [5, 5.41) is 3.32. The first-order valence-electron chi connectivity index (χ1n) is 6.83. The van der Waals surface area contributed by atoms with Crippen LogP contribution in [0.25, 0.3) is 0 Å². The Balaban J connectivity index is 2.29. The van der Waals surface area contributed by atoms with Gasteiger partial charge in [0.1, 0.15) is 11.6 Å². The van der Waals surface area contributed by atoms with Crippen LogP contribution in [0.15, 0.2) is 6.07 Å². The minimum absolute atomic E-state index is 0.468. The SMILES string of the molecule is CCNc1cc(C(C)C)nc(C2CCCC2)n1. The smallest absolute Gasteiger partial charge is 0.134 e. The maximum absolute atomic E-state index is 4.75. The molecule has 0 aliphatic heterocycles. The van der Waals surface area contributed by atoms with Gasteiger partial charge in [-0.05, 0) is 25.7 Å².